The zero-order chi connectivity index (χ0) is 9.14. The number of nitrogens with zero attached hydrogens (tertiary/aromatic N) is 1. The number of rotatable bonds is 2. The number of hydrogen-bond donors (Lipinski definition) is 1. The van der Waals surface area contributed by atoms with Crippen LogP contribution in [-0.4, -0.2) is 16.2 Å². The fourth-order valence-corrected chi connectivity index (χ4v) is 1.28. The number of carbonyl (C=O) groups is 1. The summed E-state index contributed by atoms with van der Waals surface area (Å²) in [5.41, 5.74) is -0.331. The van der Waals surface area contributed by atoms with Gasteiger partial charge in [0.05, 0.1) is 4.92 Å². The molecule has 1 aromatic rings. The van der Waals surface area contributed by atoms with Crippen molar-refractivity contribution in [3.63, 3.8) is 0 Å². The fraction of sp³-hybridized carbons (Fsp3) is 0. The molecule has 0 fully saturated rings. The molecule has 0 radical (unpaired) electrons. The van der Waals surface area contributed by atoms with E-state index >= 15 is 0 Å². The highest BCUT2D eigenvalue weighted by Crippen LogP contribution is 2.32. The highest BCUT2D eigenvalue weighted by Gasteiger charge is 2.18. The van der Waals surface area contributed by atoms with Gasteiger partial charge in [0.1, 0.15) is 0 Å². The van der Waals surface area contributed by atoms with Crippen LogP contribution in [0.1, 0.15) is 0 Å². The van der Waals surface area contributed by atoms with Crippen LogP contribution in [0.2, 0.25) is 0 Å². The predicted molar refractivity (Wildman–Crippen MR) is 39.6 cm³/mol. The van der Waals surface area contributed by atoms with Crippen molar-refractivity contribution in [3.8, 4) is 5.06 Å². The van der Waals surface area contributed by atoms with Crippen LogP contribution in [0.5, 0.6) is 5.06 Å². The molecule has 0 amide bonds. The Labute approximate surface area is 70.2 Å². The molecule has 0 aliphatic carbocycles. The van der Waals surface area contributed by atoms with Crippen molar-refractivity contribution in [1.29, 1.82) is 0 Å². The van der Waals surface area contributed by atoms with E-state index in [1.165, 1.54) is 11.4 Å². The Balaban J connectivity index is 2.91. The molecule has 1 heterocycles. The van der Waals surface area contributed by atoms with E-state index in [-0.39, 0.29) is 10.8 Å². The van der Waals surface area contributed by atoms with Gasteiger partial charge in [-0.15, -0.1) is 0 Å². The lowest BCUT2D eigenvalue weighted by Crippen LogP contribution is -2.02. The van der Waals surface area contributed by atoms with Gasteiger partial charge in [-0.1, -0.05) is 11.3 Å². The van der Waals surface area contributed by atoms with Crippen molar-refractivity contribution in [1.82, 2.24) is 0 Å². The van der Waals surface area contributed by atoms with Gasteiger partial charge < -0.3 is 9.84 Å². The lowest BCUT2D eigenvalue weighted by atomic mass is 10.5. The van der Waals surface area contributed by atoms with Gasteiger partial charge in [0.25, 0.3) is 5.06 Å². The Kier molecular flexibility index (Phi) is 2.24. The number of ether oxygens (including phenoxy) is 1. The van der Waals surface area contributed by atoms with Crippen molar-refractivity contribution in [2.45, 2.75) is 0 Å². The first-order valence-corrected chi connectivity index (χ1v) is 3.62. The van der Waals surface area contributed by atoms with Gasteiger partial charge in [-0.05, 0) is 0 Å². The molecule has 64 valence electrons. The Hall–Kier alpha value is -1.63. The van der Waals surface area contributed by atoms with E-state index in [2.05, 4.69) is 4.74 Å². The summed E-state index contributed by atoms with van der Waals surface area (Å²) in [7, 11) is 0. The Morgan fingerprint density at radius 3 is 2.92 bits per heavy atom. The normalized spacial score (nSPS) is 9.33. The minimum atomic E-state index is -1.56. The molecule has 0 aromatic carbocycles. The summed E-state index contributed by atoms with van der Waals surface area (Å²) in [6, 6.07) is 1.18. The van der Waals surface area contributed by atoms with Crippen molar-refractivity contribution < 1.29 is 19.6 Å². The average Bonchev–Trinajstić information content (AvgIpc) is 2.33. The highest BCUT2D eigenvalue weighted by molar-refractivity contribution is 7.12. The third kappa shape index (κ3) is 1.70. The van der Waals surface area contributed by atoms with E-state index in [9.17, 15) is 14.9 Å². The molecule has 0 bridgehead atoms. The molecule has 0 saturated carbocycles. The van der Waals surface area contributed by atoms with Crippen molar-refractivity contribution in [2.75, 3.05) is 0 Å². The molecule has 7 heteroatoms. The third-order valence-corrected chi connectivity index (χ3v) is 1.77. The van der Waals surface area contributed by atoms with Crippen LogP contribution in [0, 0.1) is 10.1 Å². The molecule has 0 aliphatic rings. The first kappa shape index (κ1) is 8.47. The van der Waals surface area contributed by atoms with Crippen LogP contribution in [0.3, 0.4) is 0 Å². The summed E-state index contributed by atoms with van der Waals surface area (Å²) in [6.07, 6.45) is -1.56. The Bertz CT molecular complexity index is 319. The van der Waals surface area contributed by atoms with E-state index in [1.807, 2.05) is 0 Å². The largest absolute Gasteiger partial charge is 0.512 e. The highest BCUT2D eigenvalue weighted by atomic mass is 32.1. The zero-order valence-electron chi connectivity index (χ0n) is 5.59. The minimum Gasteiger partial charge on any atom is -0.449 e. The van der Waals surface area contributed by atoms with Gasteiger partial charge in [-0.3, -0.25) is 10.1 Å². The van der Waals surface area contributed by atoms with E-state index in [0.717, 1.165) is 11.3 Å². The second-order valence-electron chi connectivity index (χ2n) is 1.72. The number of thiophene rings is 1. The number of nitro groups is 1. The Morgan fingerprint density at radius 2 is 2.42 bits per heavy atom. The van der Waals surface area contributed by atoms with E-state index in [4.69, 9.17) is 5.11 Å². The van der Waals surface area contributed by atoms with Crippen molar-refractivity contribution >= 4 is 23.2 Å². The molecule has 12 heavy (non-hydrogen) atoms. The molecule has 0 atom stereocenters. The number of hydrogen-bond acceptors (Lipinski definition) is 5. The first-order valence-electron chi connectivity index (χ1n) is 2.74. The molecule has 1 rings (SSSR count). The second-order valence-corrected chi connectivity index (χ2v) is 2.60. The molecule has 0 aliphatic heterocycles. The topological polar surface area (TPSA) is 89.7 Å². The molecular weight excluding hydrogens is 186 g/mol. The Morgan fingerprint density at radius 1 is 1.75 bits per heavy atom. The van der Waals surface area contributed by atoms with Crippen LogP contribution in [0.15, 0.2) is 11.4 Å². The molecule has 0 spiro atoms. The van der Waals surface area contributed by atoms with Gasteiger partial charge in [0.2, 0.25) is 0 Å². The quantitative estimate of drug-likeness (QED) is 0.434. The summed E-state index contributed by atoms with van der Waals surface area (Å²) in [6.45, 7) is 0. The molecule has 1 N–H and O–H groups in total. The maximum atomic E-state index is 10.2. The standard InChI is InChI=1S/C5H3NO5S/c7-5(8)11-4-3(6(9)10)1-2-12-4/h1-2H,(H,7,8). The molecule has 1 aromatic heterocycles. The third-order valence-electron chi connectivity index (χ3n) is 0.987. The summed E-state index contributed by atoms with van der Waals surface area (Å²) in [5.74, 6) is 0. The van der Waals surface area contributed by atoms with Gasteiger partial charge in [0, 0.05) is 11.4 Å². The summed E-state index contributed by atoms with van der Waals surface area (Å²) in [4.78, 5) is 19.5. The minimum absolute atomic E-state index is 0.215. The SMILES string of the molecule is O=C(O)Oc1sccc1[N+](=O)[O-]. The maximum Gasteiger partial charge on any atom is 0.512 e. The lowest BCUT2D eigenvalue weighted by molar-refractivity contribution is -0.385. The zero-order valence-corrected chi connectivity index (χ0v) is 6.41. The van der Waals surface area contributed by atoms with Crippen molar-refractivity contribution in [3.05, 3.63) is 21.6 Å². The van der Waals surface area contributed by atoms with E-state index in [1.54, 1.807) is 0 Å². The average molecular weight is 189 g/mol. The van der Waals surface area contributed by atoms with Crippen molar-refractivity contribution in [2.24, 2.45) is 0 Å². The second kappa shape index (κ2) is 3.18. The summed E-state index contributed by atoms with van der Waals surface area (Å²) in [5, 5.41) is 19.5. The van der Waals surface area contributed by atoms with Gasteiger partial charge in [0.15, 0.2) is 0 Å². The van der Waals surface area contributed by atoms with Crippen LogP contribution in [-0.2, 0) is 0 Å². The fourth-order valence-electron chi connectivity index (χ4n) is 0.580. The maximum absolute atomic E-state index is 10.2. The molecule has 6 nitrogen and oxygen atoms in total. The van der Waals surface area contributed by atoms with Gasteiger partial charge >= 0.3 is 11.8 Å². The molecular formula is C5H3NO5S. The summed E-state index contributed by atoms with van der Waals surface area (Å²) >= 11 is 0.861. The number of carboxylic acid groups (broad SMARTS) is 1. The molecule has 0 saturated heterocycles. The van der Waals surface area contributed by atoms with Crippen LogP contribution >= 0.6 is 11.3 Å². The monoisotopic (exact) mass is 189 g/mol. The summed E-state index contributed by atoms with van der Waals surface area (Å²) < 4.78 is 4.14. The van der Waals surface area contributed by atoms with Gasteiger partial charge in [-0.2, -0.15) is 0 Å². The first-order chi connectivity index (χ1) is 5.61. The molecule has 0 unspecified atom stereocenters. The smallest absolute Gasteiger partial charge is 0.449 e. The lowest BCUT2D eigenvalue weighted by Gasteiger charge is -1.92. The van der Waals surface area contributed by atoms with Crippen LogP contribution < -0.4 is 4.74 Å². The predicted octanol–water partition coefficient (Wildman–Crippen LogP) is 1.71. The van der Waals surface area contributed by atoms with Gasteiger partial charge in [-0.25, -0.2) is 4.79 Å². The van der Waals surface area contributed by atoms with Crippen LogP contribution in [0.4, 0.5) is 10.5 Å². The van der Waals surface area contributed by atoms with E-state index in [0.29, 0.717) is 0 Å². The van der Waals surface area contributed by atoms with Crippen LogP contribution in [0.25, 0.3) is 0 Å². The van der Waals surface area contributed by atoms with E-state index < -0.39 is 11.1 Å².